The van der Waals surface area contributed by atoms with E-state index < -0.39 is 31.6 Å². The molecule has 9 nitrogen and oxygen atoms in total. The highest BCUT2D eigenvalue weighted by molar-refractivity contribution is 9.10. The smallest absolute Gasteiger partial charge is 0.279 e. The van der Waals surface area contributed by atoms with Crippen molar-refractivity contribution in [2.45, 2.75) is 56.8 Å². The fourth-order valence-corrected chi connectivity index (χ4v) is 10.9. The average Bonchev–Trinajstić information content (AvgIpc) is 3.68. The molecule has 2 amide bonds. The van der Waals surface area contributed by atoms with Crippen LogP contribution in [0, 0.1) is 5.92 Å². The molecule has 0 radical (unpaired) electrons. The summed E-state index contributed by atoms with van der Waals surface area (Å²) in [6.45, 7) is 5.52. The molecule has 1 fully saturated rings. The van der Waals surface area contributed by atoms with Gasteiger partial charge in [-0.3, -0.25) is 19.5 Å². The molecule has 264 valence electrons. The zero-order valence-electron chi connectivity index (χ0n) is 28.7. The van der Waals surface area contributed by atoms with Gasteiger partial charge in [0.25, 0.3) is 11.5 Å². The number of benzene rings is 4. The van der Waals surface area contributed by atoms with Crippen LogP contribution in [0.1, 0.15) is 30.0 Å². The highest BCUT2D eigenvalue weighted by Gasteiger charge is 2.67. The molecule has 3 heterocycles. The molecule has 7 rings (SSSR count). The fraction of sp³-hybridized carbons (Fsp3) is 0.308. The minimum Gasteiger partial charge on any atom is -0.395 e. The van der Waals surface area contributed by atoms with E-state index in [4.69, 9.17) is 4.74 Å². The maximum absolute atomic E-state index is 16.4. The van der Waals surface area contributed by atoms with Crippen molar-refractivity contribution in [3.8, 4) is 5.69 Å². The standard InChI is InChI=1S/C39H40BrFN4O5Si/c1-25-36(51(2,3)41)34(22-35(47)43(19-20-46)23-26-9-5-4-6-10-26)50-39(25)31-21-28(40)15-18-33(31)44(38(39)49)24-27-13-16-29(17-14-27)45-37(48)30-11-7-8-12-32(30)42-45/h4-18,21,25,34,36,42,46H,19-20,22-24H2,1-3H3/t25-,34+,36-,39+/m0/s1. The summed E-state index contributed by atoms with van der Waals surface area (Å²) >= 11 is 3.58. The van der Waals surface area contributed by atoms with Gasteiger partial charge in [-0.25, -0.2) is 4.68 Å². The molecule has 2 aliphatic rings. The van der Waals surface area contributed by atoms with Gasteiger partial charge < -0.3 is 23.8 Å². The maximum atomic E-state index is 16.4. The lowest BCUT2D eigenvalue weighted by Gasteiger charge is -2.31. The predicted octanol–water partition coefficient (Wildman–Crippen LogP) is 6.81. The van der Waals surface area contributed by atoms with Crippen molar-refractivity contribution >= 4 is 52.7 Å². The number of aromatic nitrogens is 2. The van der Waals surface area contributed by atoms with E-state index in [-0.39, 0.29) is 43.5 Å². The summed E-state index contributed by atoms with van der Waals surface area (Å²) in [5.74, 6) is -1.13. The Hall–Kier alpha value is -4.36. The summed E-state index contributed by atoms with van der Waals surface area (Å²) in [5, 5.41) is 13.5. The van der Waals surface area contributed by atoms with E-state index in [1.807, 2.05) is 97.9 Å². The van der Waals surface area contributed by atoms with Gasteiger partial charge in [0.2, 0.25) is 14.3 Å². The molecule has 1 spiro atoms. The van der Waals surface area contributed by atoms with Crippen LogP contribution in [0.3, 0.4) is 0 Å². The number of ether oxygens (including phenoxy) is 1. The summed E-state index contributed by atoms with van der Waals surface area (Å²) in [5.41, 5.74) is 2.15. The van der Waals surface area contributed by atoms with Gasteiger partial charge in [0.15, 0.2) is 5.60 Å². The van der Waals surface area contributed by atoms with Crippen LogP contribution in [-0.4, -0.2) is 59.3 Å². The van der Waals surface area contributed by atoms with Crippen LogP contribution in [-0.2, 0) is 33.0 Å². The second-order valence-electron chi connectivity index (χ2n) is 14.0. The molecular formula is C39H40BrFN4O5Si. The Morgan fingerprint density at radius 2 is 1.71 bits per heavy atom. The number of aromatic amines is 1. The van der Waals surface area contributed by atoms with Gasteiger partial charge in [0.1, 0.15) is 0 Å². The summed E-state index contributed by atoms with van der Waals surface area (Å²) in [6.07, 6.45) is -0.962. The normalized spacial score (nSPS) is 21.5. The number of H-pyrrole nitrogens is 1. The summed E-state index contributed by atoms with van der Waals surface area (Å²) in [7, 11) is -3.51. The van der Waals surface area contributed by atoms with Gasteiger partial charge in [-0.2, -0.15) is 0 Å². The molecule has 0 aliphatic carbocycles. The molecule has 0 saturated carbocycles. The molecular weight excluding hydrogens is 731 g/mol. The van der Waals surface area contributed by atoms with E-state index in [1.54, 1.807) is 29.0 Å². The fourth-order valence-electron chi connectivity index (χ4n) is 8.07. The lowest BCUT2D eigenvalue weighted by molar-refractivity contribution is -0.150. The van der Waals surface area contributed by atoms with Gasteiger partial charge in [-0.05, 0) is 66.7 Å². The number of rotatable bonds is 10. The largest absolute Gasteiger partial charge is 0.395 e. The number of carbonyl (C=O) groups is 2. The topological polar surface area (TPSA) is 108 Å². The highest BCUT2D eigenvalue weighted by Crippen LogP contribution is 2.60. The quantitative estimate of drug-likeness (QED) is 0.120. The number of para-hydroxylation sites is 1. The van der Waals surface area contributed by atoms with Crippen LogP contribution >= 0.6 is 15.9 Å². The van der Waals surface area contributed by atoms with Crippen molar-refractivity contribution in [3.63, 3.8) is 0 Å². The molecule has 2 aliphatic heterocycles. The van der Waals surface area contributed by atoms with Crippen molar-refractivity contribution in [3.05, 3.63) is 129 Å². The van der Waals surface area contributed by atoms with Gasteiger partial charge in [-0.15, -0.1) is 0 Å². The van der Waals surface area contributed by atoms with Gasteiger partial charge in [0.05, 0.1) is 48.0 Å². The van der Waals surface area contributed by atoms with E-state index in [1.165, 1.54) is 4.68 Å². The van der Waals surface area contributed by atoms with Gasteiger partial charge >= 0.3 is 0 Å². The Morgan fingerprint density at radius 1 is 1.00 bits per heavy atom. The Kier molecular flexibility index (Phi) is 9.38. The molecule has 0 unspecified atom stereocenters. The first-order chi connectivity index (χ1) is 24.4. The molecule has 5 aromatic rings. The Morgan fingerprint density at radius 3 is 2.39 bits per heavy atom. The first-order valence-electron chi connectivity index (χ1n) is 17.1. The van der Waals surface area contributed by atoms with Crippen molar-refractivity contribution in [2.75, 3.05) is 18.1 Å². The molecule has 51 heavy (non-hydrogen) atoms. The summed E-state index contributed by atoms with van der Waals surface area (Å²) < 4.78 is 25.5. The third kappa shape index (κ3) is 6.28. The molecule has 0 bridgehead atoms. The van der Waals surface area contributed by atoms with E-state index in [2.05, 4.69) is 21.0 Å². The number of fused-ring (bicyclic) bond motifs is 3. The van der Waals surface area contributed by atoms with Crippen LogP contribution in [0.4, 0.5) is 9.80 Å². The van der Waals surface area contributed by atoms with Crippen LogP contribution < -0.4 is 10.5 Å². The minimum absolute atomic E-state index is 0.116. The third-order valence-corrected chi connectivity index (χ3v) is 13.3. The molecule has 4 atom stereocenters. The second kappa shape index (κ2) is 13.6. The first kappa shape index (κ1) is 35.1. The SMILES string of the molecule is C[C@H]1[C@H]([Si](C)(C)F)[C@@H](CC(=O)N(CCO)Cc2ccccc2)O[C@]12C(=O)N(Cc1ccc(-n3[nH]c4ccccc4c3=O)cc1)c1ccc(Br)cc12. The van der Waals surface area contributed by atoms with Crippen molar-refractivity contribution in [2.24, 2.45) is 5.92 Å². The van der Waals surface area contributed by atoms with Crippen molar-refractivity contribution in [1.82, 2.24) is 14.7 Å². The maximum Gasteiger partial charge on any atom is 0.279 e. The molecule has 2 N–H and O–H groups in total. The average molecular weight is 772 g/mol. The van der Waals surface area contributed by atoms with Crippen LogP contribution in [0.2, 0.25) is 18.6 Å². The third-order valence-electron chi connectivity index (χ3n) is 10.4. The Balaban J connectivity index is 1.19. The van der Waals surface area contributed by atoms with Crippen LogP contribution in [0.15, 0.2) is 106 Å². The predicted molar refractivity (Wildman–Crippen MR) is 201 cm³/mol. The van der Waals surface area contributed by atoms with Crippen LogP contribution in [0.5, 0.6) is 0 Å². The van der Waals surface area contributed by atoms with E-state index in [0.717, 1.165) is 21.1 Å². The number of hydrogen-bond donors (Lipinski definition) is 2. The van der Waals surface area contributed by atoms with Crippen LogP contribution in [0.25, 0.3) is 16.6 Å². The van der Waals surface area contributed by atoms with Crippen molar-refractivity contribution < 1.29 is 23.5 Å². The minimum atomic E-state index is -3.51. The number of aliphatic hydroxyl groups is 1. The molecule has 12 heteroatoms. The number of carbonyl (C=O) groups excluding carboxylic acids is 2. The molecule has 1 saturated heterocycles. The summed E-state index contributed by atoms with van der Waals surface area (Å²) in [6, 6.07) is 29.9. The number of halogens is 2. The molecule has 4 aromatic carbocycles. The monoisotopic (exact) mass is 770 g/mol. The number of hydrogen-bond acceptors (Lipinski definition) is 5. The van der Waals surface area contributed by atoms with E-state index in [0.29, 0.717) is 28.9 Å². The zero-order valence-corrected chi connectivity index (χ0v) is 31.3. The lowest BCUT2D eigenvalue weighted by atomic mass is 9.82. The second-order valence-corrected chi connectivity index (χ2v) is 18.7. The Bertz CT molecular complexity index is 2150. The van der Waals surface area contributed by atoms with E-state index >= 15 is 4.11 Å². The zero-order chi connectivity index (χ0) is 36.1. The summed E-state index contributed by atoms with van der Waals surface area (Å²) in [4.78, 5) is 45.0. The number of aliphatic hydroxyl groups excluding tert-OH is 1. The lowest BCUT2D eigenvalue weighted by Crippen LogP contribution is -2.45. The van der Waals surface area contributed by atoms with Gasteiger partial charge in [0, 0.05) is 34.6 Å². The first-order valence-corrected chi connectivity index (χ1v) is 20.9. The Labute approximate surface area is 304 Å². The number of nitrogens with zero attached hydrogens (tertiary/aromatic N) is 3. The number of anilines is 1. The van der Waals surface area contributed by atoms with Gasteiger partial charge in [-0.1, -0.05) is 77.5 Å². The van der Waals surface area contributed by atoms with E-state index in [9.17, 15) is 19.5 Å². The number of nitrogens with one attached hydrogen (secondary N) is 1. The molecule has 1 aromatic heterocycles. The van der Waals surface area contributed by atoms with Crippen molar-refractivity contribution in [1.29, 1.82) is 0 Å². The number of amides is 2. The highest BCUT2D eigenvalue weighted by atomic mass is 79.9.